The van der Waals surface area contributed by atoms with Gasteiger partial charge in [-0.2, -0.15) is 0 Å². The van der Waals surface area contributed by atoms with Gasteiger partial charge in [0.15, 0.2) is 6.10 Å². The van der Waals surface area contributed by atoms with E-state index in [1.54, 1.807) is 0 Å². The molecule has 0 aromatic heterocycles. The molecule has 0 unspecified atom stereocenters. The molecule has 296 valence electrons. The fraction of sp³-hybridized carbons (Fsp3) is 0.628. The molecule has 0 aliphatic carbocycles. The van der Waals surface area contributed by atoms with Crippen molar-refractivity contribution in [2.75, 3.05) is 13.2 Å². The molecule has 8 nitrogen and oxygen atoms in total. The molecule has 0 saturated heterocycles. The Bertz CT molecular complexity index is 1110. The van der Waals surface area contributed by atoms with Gasteiger partial charge in [0.1, 0.15) is 6.61 Å². The van der Waals surface area contributed by atoms with Crippen LogP contribution in [0.4, 0.5) is 0 Å². The van der Waals surface area contributed by atoms with Crippen LogP contribution in [0.25, 0.3) is 0 Å². The van der Waals surface area contributed by atoms with Crippen molar-refractivity contribution in [1.29, 1.82) is 0 Å². The topological polar surface area (TPSA) is 119 Å². The lowest BCUT2D eigenvalue weighted by Crippen LogP contribution is -2.29. The average molecular weight is 747 g/mol. The second-order valence-electron chi connectivity index (χ2n) is 12.9. The molecule has 0 fully saturated rings. The molecule has 1 atom stereocenters. The monoisotopic (exact) mass is 746 g/mol. The van der Waals surface area contributed by atoms with E-state index >= 15 is 0 Å². The van der Waals surface area contributed by atoms with E-state index < -0.39 is 32.5 Å². The summed E-state index contributed by atoms with van der Waals surface area (Å²) in [6.45, 7) is 3.48. The maximum Gasteiger partial charge on any atom is 0.469 e. The number of esters is 2. The highest BCUT2D eigenvalue weighted by molar-refractivity contribution is 7.46. The van der Waals surface area contributed by atoms with Crippen LogP contribution >= 0.6 is 7.82 Å². The number of allylic oxidation sites excluding steroid dienone is 14. The first-order valence-corrected chi connectivity index (χ1v) is 21.4. The van der Waals surface area contributed by atoms with E-state index in [1.165, 1.54) is 25.7 Å². The van der Waals surface area contributed by atoms with E-state index in [2.05, 4.69) is 103 Å². The Hall–Kier alpha value is -2.77. The number of carbonyl (C=O) groups is 2. The summed E-state index contributed by atoms with van der Waals surface area (Å²) in [5.41, 5.74) is 0. The molecule has 0 spiro atoms. The van der Waals surface area contributed by atoms with Gasteiger partial charge in [-0.3, -0.25) is 14.1 Å². The molecule has 0 aliphatic heterocycles. The van der Waals surface area contributed by atoms with Crippen LogP contribution in [-0.4, -0.2) is 41.0 Å². The lowest BCUT2D eigenvalue weighted by molar-refractivity contribution is -0.161. The second-order valence-corrected chi connectivity index (χ2v) is 14.1. The van der Waals surface area contributed by atoms with Gasteiger partial charge in [-0.25, -0.2) is 4.57 Å². The van der Waals surface area contributed by atoms with Crippen LogP contribution in [0, 0.1) is 0 Å². The van der Waals surface area contributed by atoms with Gasteiger partial charge in [0.2, 0.25) is 0 Å². The van der Waals surface area contributed by atoms with Crippen molar-refractivity contribution >= 4 is 19.8 Å². The predicted molar refractivity (Wildman–Crippen MR) is 216 cm³/mol. The van der Waals surface area contributed by atoms with Crippen molar-refractivity contribution < 1.29 is 37.9 Å². The maximum absolute atomic E-state index is 12.4. The smallest absolute Gasteiger partial charge is 0.462 e. The molecule has 0 aromatic carbocycles. The minimum absolute atomic E-state index is 0.180. The SMILES string of the molecule is CC/C=C\C/C=C\C/C=C\CCCCCCCC(=O)O[C@H](COC(=O)CCCCC/C=C\C/C=C\C/C=C\C/C=C\CCCCC)COP(=O)(O)O. The van der Waals surface area contributed by atoms with Gasteiger partial charge in [0, 0.05) is 12.8 Å². The molecule has 52 heavy (non-hydrogen) atoms. The quantitative estimate of drug-likeness (QED) is 0.0285. The summed E-state index contributed by atoms with van der Waals surface area (Å²) in [5.74, 6) is -0.950. The van der Waals surface area contributed by atoms with Crippen LogP contribution in [0.1, 0.15) is 155 Å². The summed E-state index contributed by atoms with van der Waals surface area (Å²) < 4.78 is 26.3. The van der Waals surface area contributed by atoms with Gasteiger partial charge >= 0.3 is 19.8 Å². The van der Waals surface area contributed by atoms with E-state index in [4.69, 9.17) is 19.3 Å². The Balaban J connectivity index is 4.06. The van der Waals surface area contributed by atoms with Gasteiger partial charge in [0.05, 0.1) is 6.61 Å². The number of phosphoric ester groups is 1. The number of carbonyl (C=O) groups excluding carboxylic acids is 2. The highest BCUT2D eigenvalue weighted by Gasteiger charge is 2.22. The fourth-order valence-corrected chi connectivity index (χ4v) is 5.32. The summed E-state index contributed by atoms with van der Waals surface area (Å²) in [6.07, 6.45) is 50.1. The molecule has 0 saturated carbocycles. The molecule has 0 aliphatic rings. The van der Waals surface area contributed by atoms with Crippen LogP contribution in [0.15, 0.2) is 85.1 Å². The Kier molecular flexibility index (Phi) is 35.9. The summed E-state index contributed by atoms with van der Waals surface area (Å²) in [6, 6.07) is 0. The van der Waals surface area contributed by atoms with Crippen molar-refractivity contribution in [3.8, 4) is 0 Å². The molecule has 9 heteroatoms. The standard InChI is InChI=1S/C43H71O8P/c1-3-5-7-9-11-13-15-17-19-20-21-22-24-25-27-29-31-33-35-37-42(44)49-39-41(40-50-52(46,47)48)51-43(45)38-36-34-32-30-28-26-23-18-16-14-12-10-8-6-4-2/h6,8,11-14,17-19,21-23,25,27,41H,3-5,7,9-10,15-16,20,24,26,28-40H2,1-2H3,(H2,46,47,48)/b8-6-,13-11-,14-12-,19-17-,22-21-,23-18-,27-25-/t41-/m1/s1. The molecule has 0 amide bonds. The van der Waals surface area contributed by atoms with Gasteiger partial charge in [-0.05, 0) is 89.9 Å². The third-order valence-corrected chi connectivity index (χ3v) is 8.38. The first-order chi connectivity index (χ1) is 25.3. The number of rotatable bonds is 35. The number of hydrogen-bond acceptors (Lipinski definition) is 6. The Morgan fingerprint density at radius 3 is 1.40 bits per heavy atom. The number of unbranched alkanes of at least 4 members (excludes halogenated alkanes) is 11. The molecule has 0 radical (unpaired) electrons. The second kappa shape index (κ2) is 38.0. The molecule has 2 N–H and O–H groups in total. The van der Waals surface area contributed by atoms with Gasteiger partial charge in [-0.15, -0.1) is 0 Å². The van der Waals surface area contributed by atoms with Crippen LogP contribution < -0.4 is 0 Å². The predicted octanol–water partition coefficient (Wildman–Crippen LogP) is 12.1. The Morgan fingerprint density at radius 2 is 0.923 bits per heavy atom. The molecule has 0 rings (SSSR count). The van der Waals surface area contributed by atoms with Crippen LogP contribution in [0.2, 0.25) is 0 Å². The van der Waals surface area contributed by atoms with Crippen molar-refractivity contribution in [1.82, 2.24) is 0 Å². The van der Waals surface area contributed by atoms with E-state index in [0.29, 0.717) is 12.8 Å². The van der Waals surface area contributed by atoms with Crippen LogP contribution in [-0.2, 0) is 28.2 Å². The van der Waals surface area contributed by atoms with Gasteiger partial charge in [0.25, 0.3) is 0 Å². The molecular formula is C43H71O8P. The van der Waals surface area contributed by atoms with E-state index in [0.717, 1.165) is 89.9 Å². The first kappa shape index (κ1) is 49.2. The normalized spacial score (nSPS) is 13.4. The third kappa shape index (κ3) is 40.0. The summed E-state index contributed by atoms with van der Waals surface area (Å²) in [7, 11) is -4.77. The summed E-state index contributed by atoms with van der Waals surface area (Å²) >= 11 is 0. The van der Waals surface area contributed by atoms with Crippen molar-refractivity contribution in [2.45, 2.75) is 161 Å². The van der Waals surface area contributed by atoms with E-state index in [-0.39, 0.29) is 19.4 Å². The van der Waals surface area contributed by atoms with Crippen molar-refractivity contribution in [3.63, 3.8) is 0 Å². The van der Waals surface area contributed by atoms with Gasteiger partial charge in [-0.1, -0.05) is 137 Å². The van der Waals surface area contributed by atoms with Gasteiger partial charge < -0.3 is 19.3 Å². The summed E-state index contributed by atoms with van der Waals surface area (Å²) in [5, 5.41) is 0. The number of ether oxygens (including phenoxy) is 2. The third-order valence-electron chi connectivity index (χ3n) is 7.90. The summed E-state index contributed by atoms with van der Waals surface area (Å²) in [4.78, 5) is 42.8. The lowest BCUT2D eigenvalue weighted by Gasteiger charge is -2.18. The molecule has 0 bridgehead atoms. The van der Waals surface area contributed by atoms with Crippen LogP contribution in [0.5, 0.6) is 0 Å². The molecule has 0 heterocycles. The zero-order valence-corrected chi connectivity index (χ0v) is 33.3. The van der Waals surface area contributed by atoms with E-state index in [9.17, 15) is 14.2 Å². The number of hydrogen-bond donors (Lipinski definition) is 2. The zero-order valence-electron chi connectivity index (χ0n) is 32.4. The maximum atomic E-state index is 12.4. The Morgan fingerprint density at radius 1 is 0.519 bits per heavy atom. The molecular weight excluding hydrogens is 675 g/mol. The Labute approximate surface area is 316 Å². The fourth-order valence-electron chi connectivity index (χ4n) is 4.96. The minimum atomic E-state index is -4.77. The lowest BCUT2D eigenvalue weighted by atomic mass is 10.1. The highest BCUT2D eigenvalue weighted by Crippen LogP contribution is 2.36. The highest BCUT2D eigenvalue weighted by atomic mass is 31.2. The number of phosphoric acid groups is 1. The molecule has 0 aromatic rings. The average Bonchev–Trinajstić information content (AvgIpc) is 3.11. The van der Waals surface area contributed by atoms with Crippen molar-refractivity contribution in [3.05, 3.63) is 85.1 Å². The minimum Gasteiger partial charge on any atom is -0.462 e. The zero-order chi connectivity index (χ0) is 38.2. The van der Waals surface area contributed by atoms with E-state index in [1.807, 2.05) is 0 Å². The van der Waals surface area contributed by atoms with Crippen molar-refractivity contribution in [2.24, 2.45) is 0 Å². The first-order valence-electron chi connectivity index (χ1n) is 19.9. The van der Waals surface area contributed by atoms with Crippen LogP contribution in [0.3, 0.4) is 0 Å². The largest absolute Gasteiger partial charge is 0.469 e.